The molecule has 1 saturated heterocycles. The summed E-state index contributed by atoms with van der Waals surface area (Å²) in [6, 6.07) is 1.28. The van der Waals surface area contributed by atoms with Crippen LogP contribution in [0.1, 0.15) is 29.2 Å². The number of hydrogen-bond acceptors (Lipinski definition) is 6. The number of methoxy groups -OCH3 is 2. The molecule has 9 heteroatoms. The van der Waals surface area contributed by atoms with Gasteiger partial charge in [-0.2, -0.15) is 0 Å². The van der Waals surface area contributed by atoms with Crippen molar-refractivity contribution in [3.8, 4) is 5.75 Å². The van der Waals surface area contributed by atoms with Gasteiger partial charge >= 0.3 is 5.97 Å². The molecular formula is C21H26FN3O5. The van der Waals surface area contributed by atoms with E-state index in [1.165, 1.54) is 13.3 Å². The van der Waals surface area contributed by atoms with Crippen molar-refractivity contribution < 1.29 is 23.8 Å². The lowest BCUT2D eigenvalue weighted by atomic mass is 10.1. The fraction of sp³-hybridized carbons (Fsp3) is 0.524. The number of aromatic carboxylic acids is 1. The molecule has 4 rings (SSSR count). The topological polar surface area (TPSA) is 84.2 Å². The molecule has 1 aliphatic heterocycles. The van der Waals surface area contributed by atoms with Crippen molar-refractivity contribution in [1.82, 2.24) is 9.47 Å². The van der Waals surface area contributed by atoms with Gasteiger partial charge in [-0.1, -0.05) is 0 Å². The lowest BCUT2D eigenvalue weighted by molar-refractivity contribution is 0.0639. The number of ether oxygens (including phenoxy) is 2. The second-order valence-corrected chi connectivity index (χ2v) is 8.16. The highest BCUT2D eigenvalue weighted by Gasteiger charge is 2.38. The summed E-state index contributed by atoms with van der Waals surface area (Å²) in [5.41, 5.74) is -0.362. The number of likely N-dealkylation sites (N-methyl/N-ethyl adjacent to an activating group) is 1. The Kier molecular flexibility index (Phi) is 5.19. The largest absolute Gasteiger partial charge is 0.492 e. The third-order valence-electron chi connectivity index (χ3n) is 6.09. The summed E-state index contributed by atoms with van der Waals surface area (Å²) in [6.45, 7) is 1.00. The van der Waals surface area contributed by atoms with E-state index in [1.807, 2.05) is 23.9 Å². The van der Waals surface area contributed by atoms with Crippen LogP contribution in [0.3, 0.4) is 0 Å². The molecule has 0 bridgehead atoms. The van der Waals surface area contributed by atoms with Gasteiger partial charge in [0.2, 0.25) is 5.43 Å². The van der Waals surface area contributed by atoms with Gasteiger partial charge in [-0.25, -0.2) is 9.18 Å². The molecule has 0 unspecified atom stereocenters. The van der Waals surface area contributed by atoms with Gasteiger partial charge in [0.05, 0.1) is 30.2 Å². The number of halogens is 1. The first-order valence-electron chi connectivity index (χ1n) is 9.91. The van der Waals surface area contributed by atoms with E-state index < -0.39 is 17.2 Å². The van der Waals surface area contributed by atoms with Crippen LogP contribution in [-0.4, -0.2) is 74.1 Å². The molecule has 8 nitrogen and oxygen atoms in total. The Labute approximate surface area is 173 Å². The standard InChI is InChI=1S/C21H26FN3O5/c1-23(2)15-9-24(10-16(15)29-3)18-14(22)7-12-17(20(18)30-4)25(11-5-6-11)8-13(19(12)26)21(27)28/h7-8,11,15-16H,5-6,9-10H2,1-4H3,(H,27,28)/t15-,16+/m0/s1. The summed E-state index contributed by atoms with van der Waals surface area (Å²) in [4.78, 5) is 28.3. The molecule has 1 aliphatic carbocycles. The Morgan fingerprint density at radius 3 is 2.47 bits per heavy atom. The van der Waals surface area contributed by atoms with Gasteiger partial charge in [-0.15, -0.1) is 0 Å². The summed E-state index contributed by atoms with van der Waals surface area (Å²) in [5, 5.41) is 9.47. The van der Waals surface area contributed by atoms with Crippen molar-refractivity contribution in [2.24, 2.45) is 0 Å². The second-order valence-electron chi connectivity index (χ2n) is 8.16. The number of fused-ring (bicyclic) bond motifs is 1. The van der Waals surface area contributed by atoms with Crippen LogP contribution in [0.25, 0.3) is 10.9 Å². The van der Waals surface area contributed by atoms with E-state index in [0.29, 0.717) is 18.6 Å². The number of carbonyl (C=O) groups is 1. The smallest absolute Gasteiger partial charge is 0.341 e. The van der Waals surface area contributed by atoms with Crippen LogP contribution < -0.4 is 15.1 Å². The Bertz CT molecular complexity index is 1060. The van der Waals surface area contributed by atoms with E-state index in [9.17, 15) is 14.7 Å². The summed E-state index contributed by atoms with van der Waals surface area (Å²) in [5.74, 6) is -1.69. The van der Waals surface area contributed by atoms with Gasteiger partial charge in [0.25, 0.3) is 0 Å². The molecule has 1 saturated carbocycles. The van der Waals surface area contributed by atoms with E-state index >= 15 is 4.39 Å². The molecule has 2 heterocycles. The Hall–Kier alpha value is -2.65. The highest BCUT2D eigenvalue weighted by molar-refractivity contribution is 5.97. The number of benzene rings is 1. The molecule has 2 atom stereocenters. The molecule has 1 aromatic carbocycles. The van der Waals surface area contributed by atoms with Crippen molar-refractivity contribution in [3.63, 3.8) is 0 Å². The molecule has 1 aromatic heterocycles. The number of nitrogens with zero attached hydrogens (tertiary/aromatic N) is 3. The van der Waals surface area contributed by atoms with Gasteiger partial charge in [0.1, 0.15) is 11.3 Å². The molecule has 0 amide bonds. The molecule has 1 N–H and O–H groups in total. The summed E-state index contributed by atoms with van der Waals surface area (Å²) in [6.07, 6.45) is 2.98. The fourth-order valence-corrected chi connectivity index (χ4v) is 4.39. The van der Waals surface area contributed by atoms with Gasteiger partial charge in [0.15, 0.2) is 11.6 Å². The lowest BCUT2D eigenvalue weighted by Crippen LogP contribution is -2.39. The quantitative estimate of drug-likeness (QED) is 0.766. The molecule has 0 radical (unpaired) electrons. The van der Waals surface area contributed by atoms with Crippen molar-refractivity contribution >= 4 is 22.6 Å². The van der Waals surface area contributed by atoms with Crippen LogP contribution in [0, 0.1) is 5.82 Å². The Morgan fingerprint density at radius 1 is 1.27 bits per heavy atom. The third-order valence-corrected chi connectivity index (χ3v) is 6.09. The number of anilines is 1. The van der Waals surface area contributed by atoms with Crippen LogP contribution in [-0.2, 0) is 4.74 Å². The first-order valence-corrected chi connectivity index (χ1v) is 9.91. The molecule has 2 fully saturated rings. The van der Waals surface area contributed by atoms with E-state index in [2.05, 4.69) is 0 Å². The van der Waals surface area contributed by atoms with Gasteiger partial charge < -0.3 is 28.9 Å². The Balaban J connectivity index is 1.96. The molecule has 30 heavy (non-hydrogen) atoms. The number of aromatic nitrogens is 1. The fourth-order valence-electron chi connectivity index (χ4n) is 4.39. The molecule has 2 aromatic rings. The van der Waals surface area contributed by atoms with Crippen molar-refractivity contribution in [2.45, 2.75) is 31.0 Å². The summed E-state index contributed by atoms with van der Waals surface area (Å²) in [7, 11) is 6.98. The predicted molar refractivity (Wildman–Crippen MR) is 110 cm³/mol. The van der Waals surface area contributed by atoms with Crippen molar-refractivity contribution in [3.05, 3.63) is 33.9 Å². The summed E-state index contributed by atoms with van der Waals surface area (Å²) >= 11 is 0. The van der Waals surface area contributed by atoms with Crippen LogP contribution in [0.15, 0.2) is 17.1 Å². The van der Waals surface area contributed by atoms with E-state index in [-0.39, 0.29) is 40.6 Å². The zero-order valence-corrected chi connectivity index (χ0v) is 17.5. The normalized spacial score (nSPS) is 21.6. The SMILES string of the molecule is COc1c(N2C[C@@H](OC)[C@@H](N(C)C)C2)c(F)cc2c(=O)c(C(=O)O)cn(C3CC3)c12. The molecular weight excluding hydrogens is 393 g/mol. The van der Waals surface area contributed by atoms with Gasteiger partial charge in [-0.05, 0) is 33.0 Å². The average Bonchev–Trinajstić information content (AvgIpc) is 3.45. The van der Waals surface area contributed by atoms with E-state index in [0.717, 1.165) is 18.9 Å². The lowest BCUT2D eigenvalue weighted by Gasteiger charge is -2.25. The molecule has 0 spiro atoms. The number of pyridine rings is 1. The number of hydrogen-bond donors (Lipinski definition) is 1. The average molecular weight is 419 g/mol. The number of carboxylic acid groups (broad SMARTS) is 1. The maximum Gasteiger partial charge on any atom is 0.341 e. The van der Waals surface area contributed by atoms with E-state index in [4.69, 9.17) is 9.47 Å². The minimum Gasteiger partial charge on any atom is -0.492 e. The first-order chi connectivity index (χ1) is 14.3. The van der Waals surface area contributed by atoms with Crippen LogP contribution in [0.2, 0.25) is 0 Å². The Morgan fingerprint density at radius 2 is 1.97 bits per heavy atom. The zero-order chi connectivity index (χ0) is 21.7. The molecule has 162 valence electrons. The highest BCUT2D eigenvalue weighted by Crippen LogP contribution is 2.44. The van der Waals surface area contributed by atoms with Crippen LogP contribution >= 0.6 is 0 Å². The van der Waals surface area contributed by atoms with Crippen LogP contribution in [0.5, 0.6) is 5.75 Å². The summed E-state index contributed by atoms with van der Waals surface area (Å²) < 4.78 is 28.4. The highest BCUT2D eigenvalue weighted by atomic mass is 19.1. The second kappa shape index (κ2) is 7.55. The number of rotatable bonds is 6. The minimum atomic E-state index is -1.32. The van der Waals surface area contributed by atoms with Crippen molar-refractivity contribution in [2.75, 3.05) is 46.3 Å². The third kappa shape index (κ3) is 3.22. The maximum absolute atomic E-state index is 15.4. The zero-order valence-electron chi connectivity index (χ0n) is 17.5. The van der Waals surface area contributed by atoms with Crippen molar-refractivity contribution in [1.29, 1.82) is 0 Å². The van der Waals surface area contributed by atoms with Gasteiger partial charge in [0, 0.05) is 32.4 Å². The van der Waals surface area contributed by atoms with Crippen LogP contribution in [0.4, 0.5) is 10.1 Å². The predicted octanol–water partition coefficient (Wildman–Crippen LogP) is 1.95. The molecule has 2 aliphatic rings. The number of carboxylic acids is 1. The first kappa shape index (κ1) is 20.6. The van der Waals surface area contributed by atoms with E-state index in [1.54, 1.807) is 11.7 Å². The van der Waals surface area contributed by atoms with Gasteiger partial charge in [-0.3, -0.25) is 4.79 Å². The monoisotopic (exact) mass is 419 g/mol. The maximum atomic E-state index is 15.4. The minimum absolute atomic E-state index is 0.0200.